The number of halogens is 1. The Labute approximate surface area is 79.7 Å². The van der Waals surface area contributed by atoms with Crippen molar-refractivity contribution >= 4 is 17.2 Å². The van der Waals surface area contributed by atoms with Crippen molar-refractivity contribution in [1.82, 2.24) is 0 Å². The predicted octanol–water partition coefficient (Wildman–Crippen LogP) is 3.78. The van der Waals surface area contributed by atoms with Crippen molar-refractivity contribution in [2.75, 3.05) is 20.0 Å². The average Bonchev–Trinajstić information content (AvgIpc) is 1.83. The summed E-state index contributed by atoms with van der Waals surface area (Å²) in [5.41, 5.74) is 1.35. The van der Waals surface area contributed by atoms with Crippen LogP contribution in [0.3, 0.4) is 0 Å². The fraction of sp³-hybridized carbons (Fsp3) is 0.400. The van der Waals surface area contributed by atoms with Gasteiger partial charge in [0, 0.05) is 0 Å². The Hall–Kier alpha value is -0.0600. The third-order valence-electron chi connectivity index (χ3n) is 1.56. The van der Waals surface area contributed by atoms with Crippen molar-refractivity contribution in [3.63, 3.8) is 0 Å². The van der Waals surface area contributed by atoms with Crippen LogP contribution in [-0.2, 0) is 6.16 Å². The molecule has 12 heavy (non-hydrogen) atoms. The molecule has 2 heteroatoms. The molecule has 1 aromatic rings. The molecular weight excluding hydrogens is 187 g/mol. The van der Waals surface area contributed by atoms with Crippen LogP contribution in [0.25, 0.3) is 0 Å². The molecule has 0 aliphatic carbocycles. The zero-order chi connectivity index (χ0) is 9.27. The number of rotatable bonds is 2. The third kappa shape index (κ3) is 4.09. The predicted molar refractivity (Wildman–Crippen MR) is 60.7 cm³/mol. The average molecular weight is 203 g/mol. The molecule has 0 bridgehead atoms. The molecule has 0 aliphatic heterocycles. The monoisotopic (exact) mass is 202 g/mol. The molecule has 0 saturated heterocycles. The molecule has 0 aromatic heterocycles. The molecule has 1 aromatic carbocycles. The second-order valence-electron chi connectivity index (χ2n) is 4.56. The minimum absolute atomic E-state index is 1.02. The van der Waals surface area contributed by atoms with Gasteiger partial charge in [-0.2, -0.15) is 0 Å². The van der Waals surface area contributed by atoms with Gasteiger partial charge in [0.1, 0.15) is 0 Å². The first-order chi connectivity index (χ1) is 5.33. The van der Waals surface area contributed by atoms with E-state index in [1.165, 1.54) is 5.56 Å². The minimum atomic E-state index is -1.88. The fourth-order valence-corrected chi connectivity index (χ4v) is 3.06. The van der Waals surface area contributed by atoms with E-state index in [9.17, 15) is 0 Å². The Balaban J connectivity index is 2.79. The van der Waals surface area contributed by atoms with Crippen LogP contribution in [0.2, 0.25) is 0 Å². The molecule has 0 radical (unpaired) electrons. The summed E-state index contributed by atoms with van der Waals surface area (Å²) in [6.07, 6.45) is 1.02. The van der Waals surface area contributed by atoms with Gasteiger partial charge in [-0.05, 0) is 0 Å². The van der Waals surface area contributed by atoms with E-state index >= 15 is 0 Å². The van der Waals surface area contributed by atoms with Crippen LogP contribution in [-0.4, -0.2) is 20.0 Å². The fourth-order valence-electron chi connectivity index (χ4n) is 1.20. The van der Waals surface area contributed by atoms with Gasteiger partial charge < -0.3 is 0 Å². The Morgan fingerprint density at radius 1 is 1.08 bits per heavy atom. The first-order valence-electron chi connectivity index (χ1n) is 4.09. The van der Waals surface area contributed by atoms with E-state index in [-0.39, 0.29) is 0 Å². The third-order valence-corrected chi connectivity index (χ3v) is 3.35. The van der Waals surface area contributed by atoms with Crippen LogP contribution in [0.15, 0.2) is 30.3 Å². The Morgan fingerprint density at radius 2 is 1.58 bits per heavy atom. The topological polar surface area (TPSA) is 0 Å². The van der Waals surface area contributed by atoms with Crippen LogP contribution < -0.4 is 0 Å². The summed E-state index contributed by atoms with van der Waals surface area (Å²) >= 11 is 6.45. The molecule has 0 nitrogen and oxygen atoms in total. The molecule has 0 atom stereocenters. The maximum absolute atomic E-state index is 6.45. The van der Waals surface area contributed by atoms with E-state index < -0.39 is 5.96 Å². The second-order valence-corrected chi connectivity index (χ2v) is 14.5. The van der Waals surface area contributed by atoms with Crippen molar-refractivity contribution in [3.05, 3.63) is 35.9 Å². The van der Waals surface area contributed by atoms with E-state index in [1.54, 1.807) is 0 Å². The molecule has 0 unspecified atom stereocenters. The summed E-state index contributed by atoms with van der Waals surface area (Å²) in [5.74, 6) is -1.88. The van der Waals surface area contributed by atoms with E-state index in [2.05, 4.69) is 44.3 Å². The van der Waals surface area contributed by atoms with Crippen LogP contribution in [0, 0.1) is 0 Å². The van der Waals surface area contributed by atoms with Gasteiger partial charge >= 0.3 is 79.2 Å². The summed E-state index contributed by atoms with van der Waals surface area (Å²) in [5, 5.41) is 0. The van der Waals surface area contributed by atoms with Gasteiger partial charge in [0.2, 0.25) is 0 Å². The Morgan fingerprint density at radius 3 is 2.00 bits per heavy atom. The van der Waals surface area contributed by atoms with Crippen molar-refractivity contribution in [2.24, 2.45) is 0 Å². The van der Waals surface area contributed by atoms with Crippen LogP contribution >= 0.6 is 17.2 Å². The molecule has 1 rings (SSSR count). The SMILES string of the molecule is CP(C)(C)(Cl)Cc1ccccc1. The van der Waals surface area contributed by atoms with Crippen molar-refractivity contribution in [2.45, 2.75) is 6.16 Å². The summed E-state index contributed by atoms with van der Waals surface area (Å²) in [4.78, 5) is 0. The first-order valence-corrected chi connectivity index (χ1v) is 8.76. The van der Waals surface area contributed by atoms with E-state index in [0.29, 0.717) is 0 Å². The molecule has 0 saturated carbocycles. The van der Waals surface area contributed by atoms with Gasteiger partial charge in [0.15, 0.2) is 0 Å². The molecule has 0 N–H and O–H groups in total. The van der Waals surface area contributed by atoms with Crippen LogP contribution in [0.1, 0.15) is 5.56 Å². The summed E-state index contributed by atoms with van der Waals surface area (Å²) < 4.78 is 0. The molecule has 0 heterocycles. The van der Waals surface area contributed by atoms with Crippen molar-refractivity contribution in [3.8, 4) is 0 Å². The zero-order valence-electron chi connectivity index (χ0n) is 7.92. The number of benzene rings is 1. The number of hydrogen-bond acceptors (Lipinski definition) is 0. The Kier molecular flexibility index (Phi) is 2.52. The zero-order valence-corrected chi connectivity index (χ0v) is 9.57. The summed E-state index contributed by atoms with van der Waals surface area (Å²) in [6.45, 7) is 6.54. The molecular formula is C10H16ClP. The van der Waals surface area contributed by atoms with Gasteiger partial charge in [-0.3, -0.25) is 0 Å². The Bertz CT molecular complexity index is 249. The molecule has 0 fully saturated rings. The van der Waals surface area contributed by atoms with Gasteiger partial charge in [-0.1, -0.05) is 0 Å². The van der Waals surface area contributed by atoms with E-state index in [1.807, 2.05) is 6.07 Å². The van der Waals surface area contributed by atoms with Crippen LogP contribution in [0.5, 0.6) is 0 Å². The number of hydrogen-bond donors (Lipinski definition) is 0. The summed E-state index contributed by atoms with van der Waals surface area (Å²) in [6, 6.07) is 10.4. The normalized spacial score (nSPS) is 15.2. The quantitative estimate of drug-likeness (QED) is 0.641. The van der Waals surface area contributed by atoms with Gasteiger partial charge in [-0.25, -0.2) is 0 Å². The molecule has 68 valence electrons. The van der Waals surface area contributed by atoms with E-state index in [4.69, 9.17) is 11.2 Å². The standard InChI is InChI=1S/C10H16ClP/c1-12(2,3,11)9-10-7-5-4-6-8-10/h4-8H,9H2,1-3H3. The van der Waals surface area contributed by atoms with Gasteiger partial charge in [0.25, 0.3) is 0 Å². The van der Waals surface area contributed by atoms with Crippen molar-refractivity contribution in [1.29, 1.82) is 0 Å². The van der Waals surface area contributed by atoms with Crippen LogP contribution in [0.4, 0.5) is 0 Å². The first kappa shape index (κ1) is 10.0. The summed E-state index contributed by atoms with van der Waals surface area (Å²) in [7, 11) is 0. The molecule has 0 spiro atoms. The molecule has 0 aliphatic rings. The maximum atomic E-state index is 6.45. The second kappa shape index (κ2) is 3.01. The van der Waals surface area contributed by atoms with E-state index in [0.717, 1.165) is 6.16 Å². The van der Waals surface area contributed by atoms with Crippen molar-refractivity contribution < 1.29 is 0 Å². The van der Waals surface area contributed by atoms with Gasteiger partial charge in [0.05, 0.1) is 0 Å². The molecule has 0 amide bonds. The van der Waals surface area contributed by atoms with Gasteiger partial charge in [-0.15, -0.1) is 0 Å².